The Hall–Kier alpha value is -2.03. The van der Waals surface area contributed by atoms with E-state index in [2.05, 4.69) is 4.37 Å². The van der Waals surface area contributed by atoms with Gasteiger partial charge in [-0.2, -0.15) is 4.37 Å². The highest BCUT2D eigenvalue weighted by atomic mass is 32.1. The number of carbonyl (C=O) groups is 2. The molecular formula is C28H36N4O3S. The summed E-state index contributed by atoms with van der Waals surface area (Å²) in [6.07, 6.45) is 3.40. The van der Waals surface area contributed by atoms with Crippen molar-refractivity contribution in [3.05, 3.63) is 24.3 Å². The first-order valence-electron chi connectivity index (χ1n) is 17.1. The first kappa shape index (κ1) is 16.0. The molecule has 2 aromatic rings. The second-order valence-electron chi connectivity index (χ2n) is 11.0. The van der Waals surface area contributed by atoms with E-state index in [0.717, 1.165) is 24.4 Å². The van der Waals surface area contributed by atoms with Crippen LogP contribution in [0.2, 0.25) is 0 Å². The van der Waals surface area contributed by atoms with Gasteiger partial charge in [0.15, 0.2) is 0 Å². The Labute approximate surface area is 227 Å². The molecule has 192 valence electrons. The van der Waals surface area contributed by atoms with Crippen LogP contribution < -0.4 is 4.90 Å². The SMILES string of the molecule is [2H]C1([2H])N(C[C@@H]2CCCC[C@H]2CN2C(=O)[C@@H]3[C@H]4C[C@@H]([C@@H]3C2=O)[C@@H](O)C4)C([2H])([2H])C([2H])([2H])N(c2nsc3ccccc23)C1([2H])[2H]. The molecule has 2 bridgehead atoms. The molecular weight excluding hydrogens is 472 g/mol. The van der Waals surface area contributed by atoms with Crippen molar-refractivity contribution in [3.8, 4) is 0 Å². The molecule has 1 aromatic carbocycles. The van der Waals surface area contributed by atoms with E-state index >= 15 is 0 Å². The number of hydrogen-bond donors (Lipinski definition) is 1. The summed E-state index contributed by atoms with van der Waals surface area (Å²) in [4.78, 5) is 29.5. The Morgan fingerprint density at radius 3 is 2.50 bits per heavy atom. The maximum atomic E-state index is 13.5. The molecule has 2 saturated heterocycles. The number of amides is 2. The van der Waals surface area contributed by atoms with Crippen molar-refractivity contribution >= 4 is 39.3 Å². The molecule has 1 N–H and O–H groups in total. The van der Waals surface area contributed by atoms with Gasteiger partial charge in [-0.05, 0) is 73.0 Å². The average molecular weight is 517 g/mol. The zero-order valence-electron chi connectivity index (χ0n) is 28.0. The van der Waals surface area contributed by atoms with E-state index in [0.29, 0.717) is 45.6 Å². The lowest BCUT2D eigenvalue weighted by Crippen LogP contribution is -2.49. The van der Waals surface area contributed by atoms with Crippen molar-refractivity contribution in [1.82, 2.24) is 14.2 Å². The number of anilines is 1. The number of likely N-dealkylation sites (tertiary alicyclic amines) is 1. The van der Waals surface area contributed by atoms with Gasteiger partial charge in [-0.15, -0.1) is 0 Å². The Bertz CT molecular complexity index is 1480. The highest BCUT2D eigenvalue weighted by molar-refractivity contribution is 7.13. The Morgan fingerprint density at radius 1 is 0.972 bits per heavy atom. The van der Waals surface area contributed by atoms with Crippen molar-refractivity contribution in [2.24, 2.45) is 35.5 Å². The second kappa shape index (κ2) is 9.07. The molecule has 0 spiro atoms. The minimum atomic E-state index is -3.03. The Morgan fingerprint density at radius 2 is 1.69 bits per heavy atom. The summed E-state index contributed by atoms with van der Waals surface area (Å²) in [5.41, 5.74) is 0. The molecule has 7 nitrogen and oxygen atoms in total. The van der Waals surface area contributed by atoms with Gasteiger partial charge in [0.05, 0.1) is 28.1 Å². The number of aromatic nitrogens is 1. The van der Waals surface area contributed by atoms with Crippen LogP contribution in [0.1, 0.15) is 49.5 Å². The van der Waals surface area contributed by atoms with Gasteiger partial charge in [0, 0.05) is 49.9 Å². The minimum Gasteiger partial charge on any atom is -0.393 e. The number of fused-ring (bicyclic) bond motifs is 6. The van der Waals surface area contributed by atoms with Crippen molar-refractivity contribution in [2.75, 3.05) is 44.0 Å². The van der Waals surface area contributed by atoms with Gasteiger partial charge < -0.3 is 10.0 Å². The van der Waals surface area contributed by atoms with Crippen molar-refractivity contribution in [1.29, 1.82) is 0 Å². The quantitative estimate of drug-likeness (QED) is 0.615. The molecule has 1 aromatic heterocycles. The number of hydrogen-bond acceptors (Lipinski definition) is 7. The summed E-state index contributed by atoms with van der Waals surface area (Å²) in [7, 11) is 0. The fourth-order valence-electron chi connectivity index (χ4n) is 7.41. The van der Waals surface area contributed by atoms with Crippen LogP contribution in [-0.4, -0.2) is 76.3 Å². The maximum Gasteiger partial charge on any atom is 0.233 e. The first-order chi connectivity index (χ1) is 20.6. The normalized spacial score (nSPS) is 45.8. The second-order valence-corrected chi connectivity index (χ2v) is 11.8. The molecule has 3 saturated carbocycles. The zero-order chi connectivity index (χ0) is 31.6. The molecule has 8 heteroatoms. The van der Waals surface area contributed by atoms with Gasteiger partial charge in [-0.25, -0.2) is 0 Å². The third kappa shape index (κ3) is 3.71. The predicted octanol–water partition coefficient (Wildman–Crippen LogP) is 3.23. The standard InChI is InChI=1S/C28H36N4O3S/c33-22-14-19-13-21(22)25-24(19)27(34)32(28(25)35)16-18-6-2-1-5-17(18)15-30-9-11-31(12-10-30)26-20-7-3-4-8-23(20)36-29-26/h3-4,7-8,17-19,21-22,24-25,33H,1-2,5-6,9-16H2/t17-,18-,19-,21+,22-,24+,25-/m0/s1/i9D2,10D2,11D2,12D2. The molecule has 3 aliphatic carbocycles. The van der Waals surface area contributed by atoms with E-state index in [4.69, 9.17) is 11.0 Å². The molecule has 36 heavy (non-hydrogen) atoms. The van der Waals surface area contributed by atoms with Gasteiger partial charge in [0.25, 0.3) is 0 Å². The number of rotatable bonds is 5. The van der Waals surface area contributed by atoms with Crippen LogP contribution in [0.25, 0.3) is 10.1 Å². The van der Waals surface area contributed by atoms with E-state index in [1.165, 1.54) is 4.90 Å². The summed E-state index contributed by atoms with van der Waals surface area (Å²) in [5.74, 6) is -2.44. The largest absolute Gasteiger partial charge is 0.393 e. The van der Waals surface area contributed by atoms with E-state index in [9.17, 15) is 14.7 Å². The van der Waals surface area contributed by atoms with Crippen molar-refractivity contribution < 1.29 is 25.7 Å². The van der Waals surface area contributed by atoms with Gasteiger partial charge in [-0.3, -0.25) is 19.4 Å². The number of imide groups is 1. The Kier molecular flexibility index (Phi) is 4.04. The molecule has 2 aliphatic heterocycles. The molecule has 7 atom stereocenters. The van der Waals surface area contributed by atoms with E-state index in [-0.39, 0.29) is 48.5 Å². The van der Waals surface area contributed by atoms with Gasteiger partial charge >= 0.3 is 0 Å². The van der Waals surface area contributed by atoms with Crippen LogP contribution in [0.5, 0.6) is 0 Å². The number of piperazine rings is 1. The topological polar surface area (TPSA) is 77.0 Å². The zero-order valence-corrected chi connectivity index (χ0v) is 20.8. The summed E-state index contributed by atoms with van der Waals surface area (Å²) in [6.45, 7) is -12.2. The highest BCUT2D eigenvalue weighted by Crippen LogP contribution is 2.56. The lowest BCUT2D eigenvalue weighted by atomic mass is 9.78. The highest BCUT2D eigenvalue weighted by Gasteiger charge is 2.63. The fourth-order valence-corrected chi connectivity index (χ4v) is 8.17. The van der Waals surface area contributed by atoms with E-state index < -0.39 is 49.8 Å². The summed E-state index contributed by atoms with van der Waals surface area (Å²) >= 11 is 1.01. The van der Waals surface area contributed by atoms with E-state index in [1.807, 2.05) is 0 Å². The van der Waals surface area contributed by atoms with Gasteiger partial charge in [0.1, 0.15) is 5.82 Å². The number of aliphatic hydroxyl groups excluding tert-OH is 1. The summed E-state index contributed by atoms with van der Waals surface area (Å²) in [6, 6.07) is 6.81. The maximum absolute atomic E-state index is 13.5. The van der Waals surface area contributed by atoms with Gasteiger partial charge in [0.2, 0.25) is 11.8 Å². The molecule has 2 amide bonds. The predicted molar refractivity (Wildman–Crippen MR) is 140 cm³/mol. The van der Waals surface area contributed by atoms with Crippen LogP contribution in [0.15, 0.2) is 24.3 Å². The van der Waals surface area contributed by atoms with Crippen LogP contribution in [-0.2, 0) is 9.59 Å². The molecule has 0 radical (unpaired) electrons. The smallest absolute Gasteiger partial charge is 0.233 e. The van der Waals surface area contributed by atoms with Crippen molar-refractivity contribution in [2.45, 2.75) is 44.6 Å². The third-order valence-electron chi connectivity index (χ3n) is 9.14. The van der Waals surface area contributed by atoms with Gasteiger partial charge in [-0.1, -0.05) is 25.0 Å². The van der Waals surface area contributed by atoms with Crippen LogP contribution in [0.3, 0.4) is 0 Å². The number of benzene rings is 1. The fraction of sp³-hybridized carbons (Fsp3) is 0.679. The summed E-state index contributed by atoms with van der Waals surface area (Å²) in [5, 5.41) is 10.8. The summed E-state index contributed by atoms with van der Waals surface area (Å²) < 4.78 is 76.7. The molecule has 7 rings (SSSR count). The Balaban J connectivity index is 1.18. The molecule has 5 fully saturated rings. The average Bonchev–Trinajstić information content (AvgIpc) is 3.70. The number of nitrogens with zero attached hydrogens (tertiary/aromatic N) is 4. The van der Waals surface area contributed by atoms with E-state index in [1.54, 1.807) is 24.3 Å². The molecule has 0 unspecified atom stereocenters. The minimum absolute atomic E-state index is 0.00121. The monoisotopic (exact) mass is 516 g/mol. The van der Waals surface area contributed by atoms with Crippen LogP contribution in [0, 0.1) is 35.5 Å². The molecule has 3 heterocycles. The third-order valence-corrected chi connectivity index (χ3v) is 9.95. The number of carbonyl (C=O) groups excluding carboxylic acids is 2. The number of aliphatic hydroxyl groups is 1. The first-order valence-corrected chi connectivity index (χ1v) is 13.8. The lowest BCUT2D eigenvalue weighted by Gasteiger charge is -2.40. The lowest BCUT2D eigenvalue weighted by molar-refractivity contribution is -0.142. The van der Waals surface area contributed by atoms with Crippen LogP contribution in [0.4, 0.5) is 5.82 Å². The van der Waals surface area contributed by atoms with Crippen molar-refractivity contribution in [3.63, 3.8) is 0 Å². The van der Waals surface area contributed by atoms with Crippen LogP contribution >= 0.6 is 11.5 Å². The molecule has 5 aliphatic rings.